The van der Waals surface area contributed by atoms with Crippen molar-refractivity contribution in [3.8, 4) is 0 Å². The number of hydrogen-bond donors (Lipinski definition) is 2. The molecule has 0 aromatic carbocycles. The van der Waals surface area contributed by atoms with Crippen molar-refractivity contribution in [2.45, 2.75) is 20.8 Å². The molecule has 3 aromatic rings. The van der Waals surface area contributed by atoms with E-state index >= 15 is 0 Å². The summed E-state index contributed by atoms with van der Waals surface area (Å²) in [7, 11) is 0. The molecule has 0 aliphatic heterocycles. The summed E-state index contributed by atoms with van der Waals surface area (Å²) in [5, 5.41) is 13.7. The van der Waals surface area contributed by atoms with E-state index in [-0.39, 0.29) is 5.91 Å². The van der Waals surface area contributed by atoms with Crippen molar-refractivity contribution < 1.29 is 4.79 Å². The molecule has 0 aliphatic carbocycles. The first-order valence-corrected chi connectivity index (χ1v) is 6.06. The summed E-state index contributed by atoms with van der Waals surface area (Å²) in [6.45, 7) is 5.58. The molecule has 0 bridgehead atoms. The molecule has 0 unspecified atom stereocenters. The van der Waals surface area contributed by atoms with E-state index in [2.05, 4.69) is 30.6 Å². The van der Waals surface area contributed by atoms with Crippen LogP contribution < -0.4 is 5.32 Å². The number of H-pyrrole nitrogens is 1. The molecule has 0 fully saturated rings. The van der Waals surface area contributed by atoms with Crippen molar-refractivity contribution in [3.05, 3.63) is 35.0 Å². The summed E-state index contributed by atoms with van der Waals surface area (Å²) in [4.78, 5) is 20.4. The Morgan fingerprint density at radius 2 is 2.10 bits per heavy atom. The summed E-state index contributed by atoms with van der Waals surface area (Å²) in [6.07, 6.45) is 2.89. The molecule has 1 amide bonds. The van der Waals surface area contributed by atoms with Crippen molar-refractivity contribution in [2.75, 3.05) is 5.32 Å². The van der Waals surface area contributed by atoms with Crippen molar-refractivity contribution in [3.63, 3.8) is 0 Å². The zero-order chi connectivity index (χ0) is 14.3. The Balaban J connectivity index is 1.96. The van der Waals surface area contributed by atoms with Crippen LogP contribution in [0.1, 0.15) is 27.3 Å². The summed E-state index contributed by atoms with van der Waals surface area (Å²) in [6, 6.07) is 0. The largest absolute Gasteiger partial charge is 0.305 e. The Hall–Kier alpha value is -2.77. The number of carbonyl (C=O) groups excluding carboxylic acids is 1. The number of nitrogens with zero attached hydrogens (tertiary/aromatic N) is 5. The Kier molecular flexibility index (Phi) is 2.70. The zero-order valence-electron chi connectivity index (χ0n) is 11.3. The van der Waals surface area contributed by atoms with Crippen molar-refractivity contribution >= 4 is 17.5 Å². The molecule has 8 heteroatoms. The highest BCUT2D eigenvalue weighted by Gasteiger charge is 2.16. The SMILES string of the molecule is Cc1[nH]nc(NC(=O)c2cnc3ncnn3c2C)c1C. The predicted molar refractivity (Wildman–Crippen MR) is 71.5 cm³/mol. The fourth-order valence-electron chi connectivity index (χ4n) is 1.89. The van der Waals surface area contributed by atoms with E-state index in [1.165, 1.54) is 17.0 Å². The average molecular weight is 271 g/mol. The summed E-state index contributed by atoms with van der Waals surface area (Å²) < 4.78 is 1.53. The molecule has 3 heterocycles. The first-order chi connectivity index (χ1) is 9.58. The number of anilines is 1. The van der Waals surface area contributed by atoms with Gasteiger partial charge in [0.1, 0.15) is 6.33 Å². The van der Waals surface area contributed by atoms with Gasteiger partial charge >= 0.3 is 0 Å². The molecule has 2 N–H and O–H groups in total. The monoisotopic (exact) mass is 271 g/mol. The molecule has 3 rings (SSSR count). The van der Waals surface area contributed by atoms with Crippen LogP contribution >= 0.6 is 0 Å². The summed E-state index contributed by atoms with van der Waals surface area (Å²) in [5.41, 5.74) is 2.94. The highest BCUT2D eigenvalue weighted by Crippen LogP contribution is 2.16. The third-order valence-electron chi connectivity index (χ3n) is 3.28. The van der Waals surface area contributed by atoms with E-state index < -0.39 is 0 Å². The third kappa shape index (κ3) is 1.81. The number of aromatic nitrogens is 6. The quantitative estimate of drug-likeness (QED) is 0.724. The van der Waals surface area contributed by atoms with Gasteiger partial charge in [-0.3, -0.25) is 9.89 Å². The summed E-state index contributed by atoms with van der Waals surface area (Å²) in [5.74, 6) is 0.707. The highest BCUT2D eigenvalue weighted by atomic mass is 16.1. The number of aromatic amines is 1. The van der Waals surface area contributed by atoms with Gasteiger partial charge < -0.3 is 5.32 Å². The van der Waals surface area contributed by atoms with Crippen LogP contribution in [0.2, 0.25) is 0 Å². The number of amides is 1. The number of aryl methyl sites for hydroxylation is 2. The Morgan fingerprint density at radius 3 is 2.80 bits per heavy atom. The molecule has 102 valence electrons. The highest BCUT2D eigenvalue weighted by molar-refractivity contribution is 6.04. The van der Waals surface area contributed by atoms with E-state index in [1.54, 1.807) is 6.92 Å². The lowest BCUT2D eigenvalue weighted by molar-refractivity contribution is 0.102. The molecule has 20 heavy (non-hydrogen) atoms. The molecule has 0 aliphatic rings. The molecule has 0 atom stereocenters. The first-order valence-electron chi connectivity index (χ1n) is 6.06. The molecule has 0 saturated carbocycles. The van der Waals surface area contributed by atoms with Gasteiger partial charge in [0.25, 0.3) is 11.7 Å². The van der Waals surface area contributed by atoms with Crippen LogP contribution in [0.3, 0.4) is 0 Å². The lowest BCUT2D eigenvalue weighted by Crippen LogP contribution is -2.17. The lowest BCUT2D eigenvalue weighted by Gasteiger charge is -2.06. The van der Waals surface area contributed by atoms with E-state index in [0.29, 0.717) is 22.9 Å². The van der Waals surface area contributed by atoms with E-state index in [0.717, 1.165) is 11.3 Å². The van der Waals surface area contributed by atoms with Crippen LogP contribution in [-0.4, -0.2) is 35.7 Å². The molecule has 0 saturated heterocycles. The van der Waals surface area contributed by atoms with Crippen LogP contribution in [0, 0.1) is 20.8 Å². The van der Waals surface area contributed by atoms with Gasteiger partial charge in [-0.25, -0.2) is 9.50 Å². The first kappa shape index (κ1) is 12.3. The van der Waals surface area contributed by atoms with Gasteiger partial charge in [0.05, 0.1) is 11.3 Å². The molecule has 0 spiro atoms. The fourth-order valence-corrected chi connectivity index (χ4v) is 1.89. The Morgan fingerprint density at radius 1 is 1.30 bits per heavy atom. The number of fused-ring (bicyclic) bond motifs is 1. The molecular weight excluding hydrogens is 258 g/mol. The van der Waals surface area contributed by atoms with Crippen LogP contribution in [0.15, 0.2) is 12.5 Å². The minimum absolute atomic E-state index is 0.276. The van der Waals surface area contributed by atoms with Gasteiger partial charge in [-0.15, -0.1) is 0 Å². The van der Waals surface area contributed by atoms with Gasteiger partial charge in [0.2, 0.25) is 0 Å². The van der Waals surface area contributed by atoms with Crippen LogP contribution in [0.25, 0.3) is 5.78 Å². The maximum atomic E-state index is 12.3. The maximum absolute atomic E-state index is 12.3. The number of carbonyl (C=O) groups is 1. The predicted octanol–water partition coefficient (Wildman–Crippen LogP) is 1.02. The molecular formula is C12H13N7O. The fraction of sp³-hybridized carbons (Fsp3) is 0.250. The smallest absolute Gasteiger partial charge is 0.260 e. The van der Waals surface area contributed by atoms with Crippen molar-refractivity contribution in [1.29, 1.82) is 0 Å². The van der Waals surface area contributed by atoms with Crippen LogP contribution in [0.4, 0.5) is 5.82 Å². The van der Waals surface area contributed by atoms with Crippen molar-refractivity contribution in [1.82, 2.24) is 29.8 Å². The van der Waals surface area contributed by atoms with Gasteiger partial charge in [0.15, 0.2) is 5.82 Å². The van der Waals surface area contributed by atoms with Gasteiger partial charge in [0, 0.05) is 17.5 Å². The lowest BCUT2D eigenvalue weighted by atomic mass is 10.2. The van der Waals surface area contributed by atoms with Gasteiger partial charge in [-0.2, -0.15) is 15.2 Å². The Bertz CT molecular complexity index is 801. The van der Waals surface area contributed by atoms with Crippen LogP contribution in [-0.2, 0) is 0 Å². The van der Waals surface area contributed by atoms with E-state index in [1.807, 2.05) is 13.8 Å². The number of hydrogen-bond acceptors (Lipinski definition) is 5. The molecule has 0 radical (unpaired) electrons. The van der Waals surface area contributed by atoms with E-state index in [9.17, 15) is 4.79 Å². The number of rotatable bonds is 2. The maximum Gasteiger partial charge on any atom is 0.260 e. The third-order valence-corrected chi connectivity index (χ3v) is 3.28. The minimum atomic E-state index is -0.276. The number of nitrogens with one attached hydrogen (secondary N) is 2. The van der Waals surface area contributed by atoms with Crippen molar-refractivity contribution in [2.24, 2.45) is 0 Å². The van der Waals surface area contributed by atoms with Gasteiger partial charge in [-0.1, -0.05) is 0 Å². The standard InChI is InChI=1S/C12H13N7O/c1-6-7(2)17-18-10(6)16-11(20)9-4-13-12-14-5-15-19(12)8(9)3/h4-5H,1-3H3,(H2,16,17,18,20). The van der Waals surface area contributed by atoms with Crippen LogP contribution in [0.5, 0.6) is 0 Å². The Labute approximate surface area is 114 Å². The molecule has 8 nitrogen and oxygen atoms in total. The normalized spacial score (nSPS) is 10.9. The second-order valence-electron chi connectivity index (χ2n) is 4.51. The molecule has 3 aromatic heterocycles. The summed E-state index contributed by atoms with van der Waals surface area (Å²) >= 11 is 0. The zero-order valence-corrected chi connectivity index (χ0v) is 11.3. The second kappa shape index (κ2) is 4.41. The van der Waals surface area contributed by atoms with Gasteiger partial charge in [-0.05, 0) is 20.8 Å². The second-order valence-corrected chi connectivity index (χ2v) is 4.51. The topological polar surface area (TPSA) is 101 Å². The average Bonchev–Trinajstić information content (AvgIpc) is 3.01. The minimum Gasteiger partial charge on any atom is -0.305 e. The van der Waals surface area contributed by atoms with E-state index in [4.69, 9.17) is 0 Å².